The summed E-state index contributed by atoms with van der Waals surface area (Å²) in [5.74, 6) is 1.02. The molecule has 0 bridgehead atoms. The molecule has 7 nitrogen and oxygen atoms in total. The second-order valence-corrected chi connectivity index (χ2v) is 6.72. The van der Waals surface area contributed by atoms with Gasteiger partial charge in [0.05, 0.1) is 7.11 Å². The van der Waals surface area contributed by atoms with Crippen LogP contribution < -0.4 is 15.0 Å². The molecule has 1 aromatic carbocycles. The lowest BCUT2D eigenvalue weighted by molar-refractivity contribution is 0.0945. The number of benzene rings is 1. The normalized spacial score (nSPS) is 10.4. The molecule has 0 aliphatic rings. The summed E-state index contributed by atoms with van der Waals surface area (Å²) in [4.78, 5) is 27.6. The SMILES string of the molecule is COc1ccccc1CNC(=O)c1cc(C)nc(N(C)CCc2ccncc2)n1. The average Bonchev–Trinajstić information content (AvgIpc) is 2.76. The first-order valence-corrected chi connectivity index (χ1v) is 9.42. The van der Waals surface area contributed by atoms with Crippen molar-refractivity contribution in [2.24, 2.45) is 0 Å². The van der Waals surface area contributed by atoms with Crippen molar-refractivity contribution in [3.63, 3.8) is 0 Å². The molecule has 3 rings (SSSR count). The molecule has 2 heterocycles. The van der Waals surface area contributed by atoms with Crippen LogP contribution in [0, 0.1) is 6.92 Å². The Balaban J connectivity index is 1.66. The summed E-state index contributed by atoms with van der Waals surface area (Å²) in [6, 6.07) is 13.3. The molecule has 0 unspecified atom stereocenters. The van der Waals surface area contributed by atoms with Gasteiger partial charge in [0.15, 0.2) is 0 Å². The maximum absolute atomic E-state index is 12.7. The molecule has 29 heavy (non-hydrogen) atoms. The number of pyridine rings is 1. The molecule has 150 valence electrons. The van der Waals surface area contributed by atoms with Crippen LogP contribution in [-0.4, -0.2) is 41.6 Å². The van der Waals surface area contributed by atoms with E-state index in [0.29, 0.717) is 18.2 Å². The van der Waals surface area contributed by atoms with E-state index in [2.05, 4.69) is 20.3 Å². The lowest BCUT2D eigenvalue weighted by atomic mass is 10.2. The lowest BCUT2D eigenvalue weighted by Crippen LogP contribution is -2.27. The number of aromatic nitrogens is 3. The van der Waals surface area contributed by atoms with Crippen molar-refractivity contribution in [2.45, 2.75) is 19.9 Å². The summed E-state index contributed by atoms with van der Waals surface area (Å²) in [6.07, 6.45) is 4.40. The Morgan fingerprint density at radius 3 is 2.66 bits per heavy atom. The molecule has 0 aliphatic heterocycles. The van der Waals surface area contributed by atoms with Gasteiger partial charge in [0.1, 0.15) is 11.4 Å². The van der Waals surface area contributed by atoms with E-state index < -0.39 is 0 Å². The molecular formula is C22H25N5O2. The first-order valence-electron chi connectivity index (χ1n) is 9.42. The molecule has 1 amide bonds. The highest BCUT2D eigenvalue weighted by molar-refractivity contribution is 5.92. The third-order valence-electron chi connectivity index (χ3n) is 4.53. The number of likely N-dealkylation sites (N-methyl/N-ethyl adjacent to an activating group) is 1. The maximum Gasteiger partial charge on any atom is 0.270 e. The Hall–Kier alpha value is -3.48. The highest BCUT2D eigenvalue weighted by Gasteiger charge is 2.14. The smallest absolute Gasteiger partial charge is 0.270 e. The van der Waals surface area contributed by atoms with E-state index in [1.165, 1.54) is 5.56 Å². The second kappa shape index (κ2) is 9.64. The van der Waals surface area contributed by atoms with E-state index in [1.807, 2.05) is 55.3 Å². The van der Waals surface area contributed by atoms with Crippen molar-refractivity contribution >= 4 is 11.9 Å². The van der Waals surface area contributed by atoms with Gasteiger partial charge in [-0.1, -0.05) is 18.2 Å². The average molecular weight is 391 g/mol. The van der Waals surface area contributed by atoms with Gasteiger partial charge in [-0.15, -0.1) is 0 Å². The van der Waals surface area contributed by atoms with Gasteiger partial charge in [0.2, 0.25) is 5.95 Å². The minimum Gasteiger partial charge on any atom is -0.496 e. The predicted octanol–water partition coefficient (Wildman–Crippen LogP) is 2.80. The molecule has 3 aromatic rings. The molecule has 0 atom stereocenters. The van der Waals surface area contributed by atoms with E-state index in [9.17, 15) is 4.79 Å². The summed E-state index contributed by atoms with van der Waals surface area (Å²) >= 11 is 0. The Kier molecular flexibility index (Phi) is 6.73. The van der Waals surface area contributed by atoms with E-state index in [0.717, 1.165) is 30.0 Å². The lowest BCUT2D eigenvalue weighted by Gasteiger charge is -2.18. The number of para-hydroxylation sites is 1. The molecule has 0 fully saturated rings. The van der Waals surface area contributed by atoms with Gasteiger partial charge in [0.25, 0.3) is 5.91 Å². The third kappa shape index (κ3) is 5.51. The van der Waals surface area contributed by atoms with E-state index in [-0.39, 0.29) is 5.91 Å². The largest absolute Gasteiger partial charge is 0.496 e. The molecule has 0 saturated carbocycles. The van der Waals surface area contributed by atoms with Gasteiger partial charge in [0, 0.05) is 43.8 Å². The molecule has 7 heteroatoms. The van der Waals surface area contributed by atoms with Crippen molar-refractivity contribution in [1.82, 2.24) is 20.3 Å². The summed E-state index contributed by atoms with van der Waals surface area (Å²) in [6.45, 7) is 2.95. The highest BCUT2D eigenvalue weighted by Crippen LogP contribution is 2.17. The Bertz CT molecular complexity index is 962. The van der Waals surface area contributed by atoms with Crippen LogP contribution in [0.2, 0.25) is 0 Å². The monoisotopic (exact) mass is 391 g/mol. The van der Waals surface area contributed by atoms with Gasteiger partial charge < -0.3 is 15.0 Å². The Labute approximate surface area is 170 Å². The van der Waals surface area contributed by atoms with Gasteiger partial charge in [-0.2, -0.15) is 0 Å². The van der Waals surface area contributed by atoms with Crippen molar-refractivity contribution in [2.75, 3.05) is 25.6 Å². The van der Waals surface area contributed by atoms with Crippen LogP contribution in [0.1, 0.15) is 27.3 Å². The topological polar surface area (TPSA) is 80.2 Å². The summed E-state index contributed by atoms with van der Waals surface area (Å²) in [7, 11) is 3.54. The second-order valence-electron chi connectivity index (χ2n) is 6.72. The number of carbonyl (C=O) groups excluding carboxylic acids is 1. The molecular weight excluding hydrogens is 366 g/mol. The molecule has 2 aromatic heterocycles. The Morgan fingerprint density at radius 1 is 1.14 bits per heavy atom. The van der Waals surface area contributed by atoms with Gasteiger partial charge >= 0.3 is 0 Å². The molecule has 0 saturated heterocycles. The van der Waals surface area contributed by atoms with Crippen molar-refractivity contribution in [3.05, 3.63) is 77.4 Å². The number of nitrogens with one attached hydrogen (secondary N) is 1. The zero-order chi connectivity index (χ0) is 20.6. The number of amides is 1. The standard InChI is InChI=1S/C22H25N5O2/c1-16-14-19(21(28)24-15-18-6-4-5-7-20(18)29-3)26-22(25-16)27(2)13-10-17-8-11-23-12-9-17/h4-9,11-12,14H,10,13,15H2,1-3H3,(H,24,28). The number of anilines is 1. The van der Waals surface area contributed by atoms with Crippen LogP contribution in [0.4, 0.5) is 5.95 Å². The van der Waals surface area contributed by atoms with Gasteiger partial charge in [-0.25, -0.2) is 9.97 Å². The van der Waals surface area contributed by atoms with Crippen LogP contribution >= 0.6 is 0 Å². The predicted molar refractivity (Wildman–Crippen MR) is 112 cm³/mol. The Morgan fingerprint density at radius 2 is 1.90 bits per heavy atom. The van der Waals surface area contributed by atoms with Crippen LogP contribution in [0.25, 0.3) is 0 Å². The van der Waals surface area contributed by atoms with Crippen molar-refractivity contribution < 1.29 is 9.53 Å². The van der Waals surface area contributed by atoms with Crippen molar-refractivity contribution in [3.8, 4) is 5.75 Å². The third-order valence-corrected chi connectivity index (χ3v) is 4.53. The number of aryl methyl sites for hydroxylation is 1. The summed E-state index contributed by atoms with van der Waals surface area (Å²) in [5, 5.41) is 2.91. The fourth-order valence-electron chi connectivity index (χ4n) is 2.90. The fraction of sp³-hybridized carbons (Fsp3) is 0.273. The highest BCUT2D eigenvalue weighted by atomic mass is 16.5. The summed E-state index contributed by atoms with van der Waals surface area (Å²) in [5.41, 5.74) is 3.18. The number of ether oxygens (including phenoxy) is 1. The first-order chi connectivity index (χ1) is 14.1. The quantitative estimate of drug-likeness (QED) is 0.636. The van der Waals surface area contributed by atoms with Gasteiger partial charge in [-0.3, -0.25) is 9.78 Å². The number of rotatable bonds is 8. The zero-order valence-electron chi connectivity index (χ0n) is 16.9. The molecule has 0 radical (unpaired) electrons. The van der Waals surface area contributed by atoms with Crippen LogP contribution in [0.15, 0.2) is 54.9 Å². The van der Waals surface area contributed by atoms with E-state index >= 15 is 0 Å². The number of hydrogen-bond donors (Lipinski definition) is 1. The number of methoxy groups -OCH3 is 1. The maximum atomic E-state index is 12.7. The molecule has 1 N–H and O–H groups in total. The summed E-state index contributed by atoms with van der Waals surface area (Å²) < 4.78 is 5.33. The number of nitrogens with zero attached hydrogens (tertiary/aromatic N) is 4. The minimum atomic E-state index is -0.245. The van der Waals surface area contributed by atoms with Crippen LogP contribution in [0.5, 0.6) is 5.75 Å². The van der Waals surface area contributed by atoms with Crippen LogP contribution in [0.3, 0.4) is 0 Å². The van der Waals surface area contributed by atoms with E-state index in [1.54, 1.807) is 25.6 Å². The minimum absolute atomic E-state index is 0.245. The number of hydrogen-bond acceptors (Lipinski definition) is 6. The number of carbonyl (C=O) groups is 1. The van der Waals surface area contributed by atoms with Crippen LogP contribution in [-0.2, 0) is 13.0 Å². The molecule has 0 aliphatic carbocycles. The zero-order valence-corrected chi connectivity index (χ0v) is 16.9. The first kappa shape index (κ1) is 20.3. The van der Waals surface area contributed by atoms with Gasteiger partial charge in [-0.05, 0) is 43.2 Å². The molecule has 0 spiro atoms. The van der Waals surface area contributed by atoms with E-state index in [4.69, 9.17) is 4.74 Å². The fourth-order valence-corrected chi connectivity index (χ4v) is 2.90. The van der Waals surface area contributed by atoms with Crippen molar-refractivity contribution in [1.29, 1.82) is 0 Å².